The second-order valence-corrected chi connectivity index (χ2v) is 4.45. The van der Waals surface area contributed by atoms with Crippen LogP contribution in [0.5, 0.6) is 5.75 Å². The van der Waals surface area contributed by atoms with Gasteiger partial charge < -0.3 is 10.1 Å². The SMILES string of the molecule is Fc1ccc(Cl)cc1OCCN1CCNCC1. The molecule has 0 bridgehead atoms. The summed E-state index contributed by atoms with van der Waals surface area (Å²) in [4.78, 5) is 2.29. The van der Waals surface area contributed by atoms with E-state index in [2.05, 4.69) is 10.2 Å². The molecule has 17 heavy (non-hydrogen) atoms. The van der Waals surface area contributed by atoms with E-state index in [0.717, 1.165) is 32.7 Å². The fourth-order valence-corrected chi connectivity index (χ4v) is 1.97. The van der Waals surface area contributed by atoms with Crippen molar-refractivity contribution in [1.82, 2.24) is 10.2 Å². The zero-order valence-electron chi connectivity index (χ0n) is 9.59. The van der Waals surface area contributed by atoms with Crippen LogP contribution in [0.4, 0.5) is 4.39 Å². The number of nitrogens with one attached hydrogen (secondary N) is 1. The summed E-state index contributed by atoms with van der Waals surface area (Å²) in [6.45, 7) is 5.34. The lowest BCUT2D eigenvalue weighted by molar-refractivity contribution is 0.188. The molecule has 0 aliphatic carbocycles. The topological polar surface area (TPSA) is 24.5 Å². The maximum absolute atomic E-state index is 13.3. The highest BCUT2D eigenvalue weighted by atomic mass is 35.5. The lowest BCUT2D eigenvalue weighted by Gasteiger charge is -2.26. The minimum atomic E-state index is -0.366. The molecule has 0 atom stereocenters. The highest BCUT2D eigenvalue weighted by Gasteiger charge is 2.10. The van der Waals surface area contributed by atoms with Crippen molar-refractivity contribution in [2.24, 2.45) is 0 Å². The molecule has 1 heterocycles. The maximum Gasteiger partial charge on any atom is 0.165 e. The Kier molecular flexibility index (Phi) is 4.59. The van der Waals surface area contributed by atoms with E-state index in [9.17, 15) is 4.39 Å². The highest BCUT2D eigenvalue weighted by molar-refractivity contribution is 6.30. The zero-order chi connectivity index (χ0) is 12.1. The van der Waals surface area contributed by atoms with Crippen LogP contribution in [0, 0.1) is 5.82 Å². The number of halogens is 2. The summed E-state index contributed by atoms with van der Waals surface area (Å²) in [5.74, 6) is -0.137. The summed E-state index contributed by atoms with van der Waals surface area (Å²) >= 11 is 5.78. The number of hydrogen-bond acceptors (Lipinski definition) is 3. The van der Waals surface area contributed by atoms with Crippen LogP contribution in [-0.2, 0) is 0 Å². The van der Waals surface area contributed by atoms with Crippen molar-refractivity contribution < 1.29 is 9.13 Å². The predicted octanol–water partition coefficient (Wildman–Crippen LogP) is 1.76. The van der Waals surface area contributed by atoms with Crippen LogP contribution in [-0.4, -0.2) is 44.2 Å². The van der Waals surface area contributed by atoms with Crippen molar-refractivity contribution in [1.29, 1.82) is 0 Å². The monoisotopic (exact) mass is 258 g/mol. The largest absolute Gasteiger partial charge is 0.489 e. The van der Waals surface area contributed by atoms with Gasteiger partial charge in [-0.2, -0.15) is 0 Å². The molecule has 0 unspecified atom stereocenters. The fraction of sp³-hybridized carbons (Fsp3) is 0.500. The minimum absolute atomic E-state index is 0.229. The number of nitrogens with zero attached hydrogens (tertiary/aromatic N) is 1. The molecule has 0 amide bonds. The summed E-state index contributed by atoms with van der Waals surface area (Å²) in [5.41, 5.74) is 0. The summed E-state index contributed by atoms with van der Waals surface area (Å²) in [6.07, 6.45) is 0. The van der Waals surface area contributed by atoms with E-state index in [1.165, 1.54) is 18.2 Å². The van der Waals surface area contributed by atoms with Gasteiger partial charge in [-0.1, -0.05) is 11.6 Å². The quantitative estimate of drug-likeness (QED) is 0.891. The highest BCUT2D eigenvalue weighted by Crippen LogP contribution is 2.21. The van der Waals surface area contributed by atoms with Gasteiger partial charge in [0.25, 0.3) is 0 Å². The van der Waals surface area contributed by atoms with Gasteiger partial charge in [-0.05, 0) is 12.1 Å². The van der Waals surface area contributed by atoms with E-state index in [0.29, 0.717) is 11.6 Å². The van der Waals surface area contributed by atoms with E-state index in [1.807, 2.05) is 0 Å². The first-order valence-electron chi connectivity index (χ1n) is 5.76. The molecular weight excluding hydrogens is 243 g/mol. The first-order valence-corrected chi connectivity index (χ1v) is 6.14. The van der Waals surface area contributed by atoms with Crippen LogP contribution in [0.3, 0.4) is 0 Å². The summed E-state index contributed by atoms with van der Waals surface area (Å²) in [7, 11) is 0. The third kappa shape index (κ3) is 3.84. The van der Waals surface area contributed by atoms with Crippen LogP contribution in [0.15, 0.2) is 18.2 Å². The van der Waals surface area contributed by atoms with Gasteiger partial charge in [0, 0.05) is 43.8 Å². The van der Waals surface area contributed by atoms with Crippen LogP contribution in [0.25, 0.3) is 0 Å². The second kappa shape index (κ2) is 6.19. The van der Waals surface area contributed by atoms with E-state index in [-0.39, 0.29) is 11.6 Å². The Labute approximate surface area is 106 Å². The third-order valence-corrected chi connectivity index (χ3v) is 3.00. The molecule has 0 saturated carbocycles. The first kappa shape index (κ1) is 12.6. The van der Waals surface area contributed by atoms with E-state index < -0.39 is 0 Å². The Hall–Kier alpha value is -0.840. The molecule has 1 N–H and O–H groups in total. The summed E-state index contributed by atoms with van der Waals surface area (Å²) < 4.78 is 18.7. The average Bonchev–Trinajstić information content (AvgIpc) is 2.35. The molecule has 3 nitrogen and oxygen atoms in total. The maximum atomic E-state index is 13.3. The van der Waals surface area contributed by atoms with Gasteiger partial charge in [0.2, 0.25) is 0 Å². The molecular formula is C12H16ClFN2O. The van der Waals surface area contributed by atoms with Gasteiger partial charge in [0.05, 0.1) is 0 Å². The van der Waals surface area contributed by atoms with Crippen molar-refractivity contribution >= 4 is 11.6 Å². The van der Waals surface area contributed by atoms with Gasteiger partial charge in [0.1, 0.15) is 6.61 Å². The standard InChI is InChI=1S/C12H16ClFN2O/c13-10-1-2-11(14)12(9-10)17-8-7-16-5-3-15-4-6-16/h1-2,9,15H,3-8H2. The van der Waals surface area contributed by atoms with E-state index >= 15 is 0 Å². The van der Waals surface area contributed by atoms with Gasteiger partial charge in [-0.15, -0.1) is 0 Å². The molecule has 1 saturated heterocycles. The normalized spacial score (nSPS) is 17.1. The van der Waals surface area contributed by atoms with Crippen LogP contribution < -0.4 is 10.1 Å². The molecule has 0 aromatic heterocycles. The zero-order valence-corrected chi connectivity index (χ0v) is 10.3. The lowest BCUT2D eigenvalue weighted by Crippen LogP contribution is -2.44. The van der Waals surface area contributed by atoms with Crippen LogP contribution in [0.1, 0.15) is 0 Å². The molecule has 1 aromatic rings. The Morgan fingerprint density at radius 2 is 2.12 bits per heavy atom. The van der Waals surface area contributed by atoms with Crippen molar-refractivity contribution in [2.45, 2.75) is 0 Å². The van der Waals surface area contributed by atoms with Crippen molar-refractivity contribution in [2.75, 3.05) is 39.3 Å². The van der Waals surface area contributed by atoms with Crippen LogP contribution >= 0.6 is 11.6 Å². The van der Waals surface area contributed by atoms with Crippen LogP contribution in [0.2, 0.25) is 5.02 Å². The molecule has 1 aromatic carbocycles. The van der Waals surface area contributed by atoms with Gasteiger partial charge >= 0.3 is 0 Å². The first-order chi connectivity index (χ1) is 8.25. The number of rotatable bonds is 4. The molecule has 0 spiro atoms. The van der Waals surface area contributed by atoms with E-state index in [4.69, 9.17) is 16.3 Å². The van der Waals surface area contributed by atoms with Gasteiger partial charge in [0.15, 0.2) is 11.6 Å². The molecule has 1 fully saturated rings. The number of ether oxygens (including phenoxy) is 1. The summed E-state index contributed by atoms with van der Waals surface area (Å²) in [6, 6.07) is 4.34. The number of hydrogen-bond donors (Lipinski definition) is 1. The van der Waals surface area contributed by atoms with Gasteiger partial charge in [-0.3, -0.25) is 4.90 Å². The summed E-state index contributed by atoms with van der Waals surface area (Å²) in [5, 5.41) is 3.77. The minimum Gasteiger partial charge on any atom is -0.489 e. The van der Waals surface area contributed by atoms with Crippen molar-refractivity contribution in [3.05, 3.63) is 29.0 Å². The molecule has 1 aliphatic rings. The average molecular weight is 259 g/mol. The molecule has 0 radical (unpaired) electrons. The Balaban J connectivity index is 1.79. The van der Waals surface area contributed by atoms with Gasteiger partial charge in [-0.25, -0.2) is 4.39 Å². The Bertz CT molecular complexity index is 370. The lowest BCUT2D eigenvalue weighted by atomic mass is 10.3. The van der Waals surface area contributed by atoms with Crippen molar-refractivity contribution in [3.8, 4) is 5.75 Å². The van der Waals surface area contributed by atoms with E-state index in [1.54, 1.807) is 0 Å². The molecule has 94 valence electrons. The third-order valence-electron chi connectivity index (χ3n) is 2.77. The van der Waals surface area contributed by atoms with Crippen molar-refractivity contribution in [3.63, 3.8) is 0 Å². The smallest absolute Gasteiger partial charge is 0.165 e. The fourth-order valence-electron chi connectivity index (χ4n) is 1.81. The molecule has 1 aliphatic heterocycles. The number of piperazine rings is 1. The second-order valence-electron chi connectivity index (χ2n) is 4.01. The Morgan fingerprint density at radius 3 is 2.88 bits per heavy atom. The predicted molar refractivity (Wildman–Crippen MR) is 66.2 cm³/mol. The number of benzene rings is 1. The Morgan fingerprint density at radius 1 is 1.35 bits per heavy atom. The molecule has 2 rings (SSSR count). The molecule has 5 heteroatoms.